The zero-order valence-electron chi connectivity index (χ0n) is 13.8. The largest absolute Gasteiger partial charge is 0.361 e. The summed E-state index contributed by atoms with van der Waals surface area (Å²) >= 11 is 0. The molecule has 2 aromatic heterocycles. The normalized spacial score (nSPS) is 15.7. The molecule has 0 bridgehead atoms. The van der Waals surface area contributed by atoms with Crippen molar-refractivity contribution in [2.75, 3.05) is 0 Å². The molecular weight excluding hydrogens is 296 g/mol. The molecule has 122 valence electrons. The summed E-state index contributed by atoms with van der Waals surface area (Å²) in [6, 6.07) is 14.0. The Kier molecular flexibility index (Phi) is 4.16. The van der Waals surface area contributed by atoms with Crippen molar-refractivity contribution < 1.29 is 4.79 Å². The highest BCUT2D eigenvalue weighted by molar-refractivity contribution is 5.95. The first kappa shape index (κ1) is 15.1. The van der Waals surface area contributed by atoms with Crippen LogP contribution in [0, 0.1) is 5.92 Å². The number of nitrogens with one attached hydrogen (secondary N) is 1. The number of pyridine rings is 1. The fourth-order valence-corrected chi connectivity index (χ4v) is 3.72. The van der Waals surface area contributed by atoms with Gasteiger partial charge in [0.15, 0.2) is 5.78 Å². The molecular formula is C21H22N2O. The molecule has 3 aromatic rings. The van der Waals surface area contributed by atoms with Gasteiger partial charge in [0.25, 0.3) is 0 Å². The molecule has 1 N–H and O–H groups in total. The van der Waals surface area contributed by atoms with Gasteiger partial charge in [-0.1, -0.05) is 44.2 Å². The first-order valence-electron chi connectivity index (χ1n) is 8.87. The van der Waals surface area contributed by atoms with Crippen LogP contribution in [0.4, 0.5) is 0 Å². The number of ketones is 1. The number of nitrogens with zero attached hydrogens (tertiary/aromatic N) is 1. The summed E-state index contributed by atoms with van der Waals surface area (Å²) in [6.07, 6.45) is 8.81. The molecule has 0 unspecified atom stereocenters. The monoisotopic (exact) mass is 318 g/mol. The van der Waals surface area contributed by atoms with Crippen LogP contribution in [-0.4, -0.2) is 15.8 Å². The first-order valence-corrected chi connectivity index (χ1v) is 8.87. The molecule has 24 heavy (non-hydrogen) atoms. The van der Waals surface area contributed by atoms with E-state index in [0.29, 0.717) is 18.0 Å². The van der Waals surface area contributed by atoms with E-state index in [9.17, 15) is 4.79 Å². The molecule has 1 fully saturated rings. The minimum atomic E-state index is 0.187. The lowest BCUT2D eigenvalue weighted by molar-refractivity contribution is 0.0945. The fraction of sp³-hybridized carbons (Fsp3) is 0.333. The Bertz CT molecular complexity index is 859. The van der Waals surface area contributed by atoms with Crippen LogP contribution in [0.3, 0.4) is 0 Å². The zero-order chi connectivity index (χ0) is 16.4. The lowest BCUT2D eigenvalue weighted by Gasteiger charge is -2.20. The van der Waals surface area contributed by atoms with Gasteiger partial charge in [-0.05, 0) is 36.2 Å². The van der Waals surface area contributed by atoms with E-state index in [1.807, 2.05) is 24.4 Å². The molecule has 3 heteroatoms. The number of hydrogen-bond donors (Lipinski definition) is 1. The Morgan fingerprint density at radius 3 is 2.83 bits per heavy atom. The van der Waals surface area contributed by atoms with E-state index in [4.69, 9.17) is 0 Å². The average molecular weight is 318 g/mol. The van der Waals surface area contributed by atoms with Gasteiger partial charge in [0.1, 0.15) is 5.69 Å². The van der Waals surface area contributed by atoms with Gasteiger partial charge >= 0.3 is 0 Å². The molecule has 0 spiro atoms. The molecule has 4 rings (SSSR count). The van der Waals surface area contributed by atoms with Crippen molar-refractivity contribution in [3.63, 3.8) is 0 Å². The van der Waals surface area contributed by atoms with E-state index in [1.165, 1.54) is 32.1 Å². The second kappa shape index (κ2) is 6.60. The third kappa shape index (κ3) is 3.12. The standard InChI is InChI=1S/C21H22N2O/c24-21(13-15-5-2-1-3-6-15)20-8-4-7-19(23-20)16-9-10-18-17(14-16)11-12-22-18/h4,7-12,14-15,22H,1-3,5-6,13H2. The topological polar surface area (TPSA) is 45.8 Å². The van der Waals surface area contributed by atoms with Crippen LogP contribution in [0.15, 0.2) is 48.7 Å². The van der Waals surface area contributed by atoms with E-state index < -0.39 is 0 Å². The van der Waals surface area contributed by atoms with Crippen molar-refractivity contribution in [2.45, 2.75) is 38.5 Å². The van der Waals surface area contributed by atoms with Gasteiger partial charge in [0.05, 0.1) is 5.69 Å². The van der Waals surface area contributed by atoms with Gasteiger partial charge in [-0.2, -0.15) is 0 Å². The number of rotatable bonds is 4. The van der Waals surface area contributed by atoms with Crippen molar-refractivity contribution in [3.8, 4) is 11.3 Å². The Balaban J connectivity index is 1.57. The number of hydrogen-bond acceptors (Lipinski definition) is 2. The zero-order valence-corrected chi connectivity index (χ0v) is 13.8. The van der Waals surface area contributed by atoms with E-state index >= 15 is 0 Å². The third-order valence-electron chi connectivity index (χ3n) is 5.08. The molecule has 0 amide bonds. The summed E-state index contributed by atoms with van der Waals surface area (Å²) in [5, 5.41) is 1.16. The number of aromatic amines is 1. The van der Waals surface area contributed by atoms with E-state index in [2.05, 4.69) is 34.2 Å². The van der Waals surface area contributed by atoms with E-state index in [1.54, 1.807) is 0 Å². The molecule has 1 aliphatic carbocycles. The van der Waals surface area contributed by atoms with Crippen LogP contribution in [0.25, 0.3) is 22.2 Å². The molecule has 1 aliphatic rings. The van der Waals surface area contributed by atoms with Crippen molar-refractivity contribution in [2.24, 2.45) is 5.92 Å². The SMILES string of the molecule is O=C(CC1CCCCC1)c1cccc(-c2ccc3[nH]ccc3c2)n1. The van der Waals surface area contributed by atoms with Crippen LogP contribution in [-0.2, 0) is 0 Å². The van der Waals surface area contributed by atoms with Crippen LogP contribution in [0.5, 0.6) is 0 Å². The minimum absolute atomic E-state index is 0.187. The Morgan fingerprint density at radius 2 is 1.96 bits per heavy atom. The Hall–Kier alpha value is -2.42. The summed E-state index contributed by atoms with van der Waals surface area (Å²) in [5.41, 5.74) is 3.64. The van der Waals surface area contributed by atoms with Crippen LogP contribution < -0.4 is 0 Å². The minimum Gasteiger partial charge on any atom is -0.361 e. The van der Waals surface area contributed by atoms with Gasteiger partial charge in [-0.3, -0.25) is 4.79 Å². The molecule has 1 aromatic carbocycles. The van der Waals surface area contributed by atoms with Crippen LogP contribution in [0.2, 0.25) is 0 Å². The number of carbonyl (C=O) groups excluding carboxylic acids is 1. The second-order valence-corrected chi connectivity index (χ2v) is 6.82. The quantitative estimate of drug-likeness (QED) is 0.656. The van der Waals surface area contributed by atoms with Crippen LogP contribution in [0.1, 0.15) is 49.0 Å². The highest BCUT2D eigenvalue weighted by atomic mass is 16.1. The lowest BCUT2D eigenvalue weighted by atomic mass is 9.85. The summed E-state index contributed by atoms with van der Waals surface area (Å²) in [6.45, 7) is 0. The highest BCUT2D eigenvalue weighted by Gasteiger charge is 2.19. The summed E-state index contributed by atoms with van der Waals surface area (Å²) in [7, 11) is 0. The summed E-state index contributed by atoms with van der Waals surface area (Å²) in [5.74, 6) is 0.736. The smallest absolute Gasteiger partial charge is 0.181 e. The molecule has 3 nitrogen and oxygen atoms in total. The van der Waals surface area contributed by atoms with Gasteiger partial charge in [0, 0.05) is 29.1 Å². The molecule has 0 saturated heterocycles. The predicted molar refractivity (Wildman–Crippen MR) is 97.1 cm³/mol. The molecule has 2 heterocycles. The maximum absolute atomic E-state index is 12.6. The molecule has 0 radical (unpaired) electrons. The maximum atomic E-state index is 12.6. The Labute approximate surface area is 142 Å². The summed E-state index contributed by atoms with van der Waals surface area (Å²) in [4.78, 5) is 20.4. The molecule has 0 aliphatic heterocycles. The van der Waals surface area contributed by atoms with Crippen LogP contribution >= 0.6 is 0 Å². The number of fused-ring (bicyclic) bond motifs is 1. The summed E-state index contributed by atoms with van der Waals surface area (Å²) < 4.78 is 0. The van der Waals surface area contributed by atoms with Gasteiger partial charge < -0.3 is 4.98 Å². The average Bonchev–Trinajstić information content (AvgIpc) is 3.10. The number of aromatic nitrogens is 2. The number of carbonyl (C=O) groups is 1. The highest BCUT2D eigenvalue weighted by Crippen LogP contribution is 2.28. The first-order chi connectivity index (χ1) is 11.8. The van der Waals surface area contributed by atoms with Crippen molar-refractivity contribution >= 4 is 16.7 Å². The second-order valence-electron chi connectivity index (χ2n) is 6.82. The molecule has 1 saturated carbocycles. The van der Waals surface area contributed by atoms with E-state index in [0.717, 1.165) is 22.2 Å². The fourth-order valence-electron chi connectivity index (χ4n) is 3.72. The van der Waals surface area contributed by atoms with Gasteiger partial charge in [-0.15, -0.1) is 0 Å². The third-order valence-corrected chi connectivity index (χ3v) is 5.08. The van der Waals surface area contributed by atoms with Crippen molar-refractivity contribution in [3.05, 3.63) is 54.4 Å². The number of H-pyrrole nitrogens is 1. The number of Topliss-reactive ketones (excluding diaryl/α,β-unsaturated/α-hetero) is 1. The molecule has 0 atom stereocenters. The maximum Gasteiger partial charge on any atom is 0.181 e. The Morgan fingerprint density at radius 1 is 1.08 bits per heavy atom. The van der Waals surface area contributed by atoms with Gasteiger partial charge in [0.2, 0.25) is 0 Å². The van der Waals surface area contributed by atoms with E-state index in [-0.39, 0.29) is 5.78 Å². The van der Waals surface area contributed by atoms with Gasteiger partial charge in [-0.25, -0.2) is 4.98 Å². The number of benzene rings is 1. The van der Waals surface area contributed by atoms with Crippen molar-refractivity contribution in [1.82, 2.24) is 9.97 Å². The predicted octanol–water partition coefficient (Wildman–Crippen LogP) is 5.38. The lowest BCUT2D eigenvalue weighted by Crippen LogP contribution is -2.13. The van der Waals surface area contributed by atoms with Crippen molar-refractivity contribution in [1.29, 1.82) is 0 Å².